The summed E-state index contributed by atoms with van der Waals surface area (Å²) in [6, 6.07) is 6.24. The average Bonchev–Trinajstić information content (AvgIpc) is 2.34. The number of benzene rings is 1. The van der Waals surface area contributed by atoms with Gasteiger partial charge >= 0.3 is 0 Å². The molecule has 0 aliphatic heterocycles. The van der Waals surface area contributed by atoms with E-state index in [1.54, 1.807) is 0 Å². The van der Waals surface area contributed by atoms with E-state index in [9.17, 15) is 10.1 Å². The maximum atomic E-state index is 10.8. The van der Waals surface area contributed by atoms with Crippen LogP contribution in [0.25, 0.3) is 0 Å². The quantitative estimate of drug-likeness (QED) is 0.365. The third kappa shape index (κ3) is 3.61. The summed E-state index contributed by atoms with van der Waals surface area (Å²) >= 11 is 0. The Morgan fingerprint density at radius 3 is 2.94 bits per heavy atom. The first kappa shape index (κ1) is 12.7. The van der Waals surface area contributed by atoms with Crippen LogP contribution in [-0.2, 0) is 0 Å². The zero-order chi connectivity index (χ0) is 12.7. The zero-order valence-corrected chi connectivity index (χ0v) is 9.51. The van der Waals surface area contributed by atoms with Crippen molar-refractivity contribution >= 4 is 11.4 Å². The van der Waals surface area contributed by atoms with Crippen molar-refractivity contribution in [3.63, 3.8) is 0 Å². The average molecular weight is 231 g/mol. The van der Waals surface area contributed by atoms with Gasteiger partial charge in [-0.25, -0.2) is 0 Å². The lowest BCUT2D eigenvalue weighted by atomic mass is 10.2. The Balaban J connectivity index is 2.86. The molecule has 1 aromatic rings. The third-order valence-corrected chi connectivity index (χ3v) is 2.18. The molecule has 0 atom stereocenters. The predicted octanol–water partition coefficient (Wildman–Crippen LogP) is 2.84. The van der Waals surface area contributed by atoms with Gasteiger partial charge in [-0.3, -0.25) is 10.1 Å². The van der Waals surface area contributed by atoms with Gasteiger partial charge in [0, 0.05) is 12.6 Å². The Morgan fingerprint density at radius 1 is 1.59 bits per heavy atom. The first-order valence-corrected chi connectivity index (χ1v) is 5.22. The molecule has 0 saturated carbocycles. The van der Waals surface area contributed by atoms with E-state index in [0.29, 0.717) is 17.8 Å². The molecule has 0 unspecified atom stereocenters. The van der Waals surface area contributed by atoms with E-state index < -0.39 is 4.92 Å². The van der Waals surface area contributed by atoms with Gasteiger partial charge in [0.1, 0.15) is 5.69 Å². The van der Waals surface area contributed by atoms with Gasteiger partial charge in [-0.2, -0.15) is 5.26 Å². The number of allylic oxidation sites excluding steroid dienone is 1. The molecule has 5 heteroatoms. The van der Waals surface area contributed by atoms with E-state index in [2.05, 4.69) is 5.32 Å². The summed E-state index contributed by atoms with van der Waals surface area (Å²) < 4.78 is 0. The topological polar surface area (TPSA) is 79.0 Å². The molecule has 0 aliphatic carbocycles. The van der Waals surface area contributed by atoms with E-state index in [-0.39, 0.29) is 5.69 Å². The lowest BCUT2D eigenvalue weighted by molar-refractivity contribution is -0.384. The van der Waals surface area contributed by atoms with E-state index in [1.165, 1.54) is 18.2 Å². The SMILES string of the molecule is C/C=C/CCNc1cc(C#N)ccc1[N+](=O)[O-]. The molecule has 1 aromatic carbocycles. The van der Waals surface area contributed by atoms with Gasteiger partial charge in [-0.05, 0) is 25.5 Å². The van der Waals surface area contributed by atoms with Crippen LogP contribution in [0.3, 0.4) is 0 Å². The maximum Gasteiger partial charge on any atom is 0.292 e. The Labute approximate surface area is 99.5 Å². The van der Waals surface area contributed by atoms with Crippen molar-refractivity contribution in [2.45, 2.75) is 13.3 Å². The third-order valence-electron chi connectivity index (χ3n) is 2.18. The second kappa shape index (κ2) is 6.28. The number of hydrogen-bond donors (Lipinski definition) is 1. The number of nitro groups is 1. The molecule has 17 heavy (non-hydrogen) atoms. The van der Waals surface area contributed by atoms with Crippen LogP contribution in [0.5, 0.6) is 0 Å². The standard InChI is InChI=1S/C12H13N3O2/c1-2-3-4-7-14-11-8-10(9-13)5-6-12(11)15(16)17/h2-3,5-6,8,14H,4,7H2,1H3/b3-2+. The van der Waals surface area contributed by atoms with Gasteiger partial charge in [-0.15, -0.1) is 0 Å². The molecule has 0 heterocycles. The number of rotatable bonds is 5. The Bertz CT molecular complexity index is 475. The Kier molecular flexibility index (Phi) is 4.70. The molecule has 0 amide bonds. The number of nitriles is 1. The fraction of sp³-hybridized carbons (Fsp3) is 0.250. The van der Waals surface area contributed by atoms with Gasteiger partial charge in [0.05, 0.1) is 16.6 Å². The molecular formula is C12H13N3O2. The summed E-state index contributed by atoms with van der Waals surface area (Å²) in [5.41, 5.74) is 0.784. The lowest BCUT2D eigenvalue weighted by Crippen LogP contribution is -2.03. The second-order valence-corrected chi connectivity index (χ2v) is 3.39. The molecule has 0 aliphatic rings. The molecule has 0 saturated heterocycles. The highest BCUT2D eigenvalue weighted by molar-refractivity contribution is 5.64. The summed E-state index contributed by atoms with van der Waals surface area (Å²) in [7, 11) is 0. The van der Waals surface area contributed by atoms with Crippen molar-refractivity contribution in [2.75, 3.05) is 11.9 Å². The predicted molar refractivity (Wildman–Crippen MR) is 65.7 cm³/mol. The first-order valence-electron chi connectivity index (χ1n) is 5.22. The molecule has 0 radical (unpaired) electrons. The largest absolute Gasteiger partial charge is 0.379 e. The second-order valence-electron chi connectivity index (χ2n) is 3.39. The number of nitrogens with zero attached hydrogens (tertiary/aromatic N) is 2. The van der Waals surface area contributed by atoms with Gasteiger partial charge in [0.15, 0.2) is 0 Å². The summed E-state index contributed by atoms with van der Waals surface area (Å²) in [6.45, 7) is 2.51. The van der Waals surface area contributed by atoms with Crippen molar-refractivity contribution in [2.24, 2.45) is 0 Å². The van der Waals surface area contributed by atoms with Crippen molar-refractivity contribution in [3.05, 3.63) is 46.0 Å². The van der Waals surface area contributed by atoms with Crippen LogP contribution in [0.1, 0.15) is 18.9 Å². The zero-order valence-electron chi connectivity index (χ0n) is 9.51. The number of hydrogen-bond acceptors (Lipinski definition) is 4. The number of nitrogens with one attached hydrogen (secondary N) is 1. The smallest absolute Gasteiger partial charge is 0.292 e. The van der Waals surface area contributed by atoms with Crippen LogP contribution in [0.15, 0.2) is 30.4 Å². The van der Waals surface area contributed by atoms with E-state index in [0.717, 1.165) is 6.42 Å². The molecular weight excluding hydrogens is 218 g/mol. The van der Waals surface area contributed by atoms with Gasteiger partial charge in [-0.1, -0.05) is 12.2 Å². The minimum atomic E-state index is -0.459. The van der Waals surface area contributed by atoms with Crippen molar-refractivity contribution in [1.82, 2.24) is 0 Å². The molecule has 0 bridgehead atoms. The fourth-order valence-electron chi connectivity index (χ4n) is 1.36. The minimum Gasteiger partial charge on any atom is -0.379 e. The molecule has 5 nitrogen and oxygen atoms in total. The molecule has 0 fully saturated rings. The van der Waals surface area contributed by atoms with Crippen LogP contribution in [-0.4, -0.2) is 11.5 Å². The molecule has 0 spiro atoms. The van der Waals surface area contributed by atoms with E-state index in [1.807, 2.05) is 25.1 Å². The monoisotopic (exact) mass is 231 g/mol. The highest BCUT2D eigenvalue weighted by atomic mass is 16.6. The summed E-state index contributed by atoms with van der Waals surface area (Å²) in [5.74, 6) is 0. The summed E-state index contributed by atoms with van der Waals surface area (Å²) in [6.07, 6.45) is 4.67. The van der Waals surface area contributed by atoms with Crippen molar-refractivity contribution in [1.29, 1.82) is 5.26 Å². The number of nitro benzene ring substituents is 1. The number of anilines is 1. The molecule has 88 valence electrons. The van der Waals surface area contributed by atoms with E-state index >= 15 is 0 Å². The highest BCUT2D eigenvalue weighted by Gasteiger charge is 2.13. The van der Waals surface area contributed by atoms with Crippen LogP contribution >= 0.6 is 0 Å². The molecule has 1 N–H and O–H groups in total. The van der Waals surface area contributed by atoms with E-state index in [4.69, 9.17) is 5.26 Å². The lowest BCUT2D eigenvalue weighted by Gasteiger charge is -2.05. The van der Waals surface area contributed by atoms with Crippen molar-refractivity contribution < 1.29 is 4.92 Å². The maximum absolute atomic E-state index is 10.8. The van der Waals surface area contributed by atoms with Crippen LogP contribution < -0.4 is 5.32 Å². The summed E-state index contributed by atoms with van der Waals surface area (Å²) in [4.78, 5) is 10.3. The fourth-order valence-corrected chi connectivity index (χ4v) is 1.36. The van der Waals surface area contributed by atoms with Crippen LogP contribution in [0, 0.1) is 21.4 Å². The van der Waals surface area contributed by atoms with Gasteiger partial charge in [0.25, 0.3) is 5.69 Å². The van der Waals surface area contributed by atoms with Crippen LogP contribution in [0.2, 0.25) is 0 Å². The normalized spacial score (nSPS) is 10.1. The van der Waals surface area contributed by atoms with Gasteiger partial charge in [0.2, 0.25) is 0 Å². The molecule has 0 aromatic heterocycles. The minimum absolute atomic E-state index is 0.00974. The summed E-state index contributed by atoms with van der Waals surface area (Å²) in [5, 5.41) is 22.5. The Hall–Kier alpha value is -2.35. The van der Waals surface area contributed by atoms with Gasteiger partial charge < -0.3 is 5.32 Å². The first-order chi connectivity index (χ1) is 8.19. The van der Waals surface area contributed by atoms with Crippen molar-refractivity contribution in [3.8, 4) is 6.07 Å². The Morgan fingerprint density at radius 2 is 2.35 bits per heavy atom. The highest BCUT2D eigenvalue weighted by Crippen LogP contribution is 2.25. The molecule has 1 rings (SSSR count). The van der Waals surface area contributed by atoms with Crippen LogP contribution in [0.4, 0.5) is 11.4 Å².